The molecule has 0 radical (unpaired) electrons. The summed E-state index contributed by atoms with van der Waals surface area (Å²) in [6.45, 7) is 2.95. The maximum absolute atomic E-state index is 10.1. The van der Waals surface area contributed by atoms with E-state index in [1.807, 2.05) is 5.38 Å². The first-order chi connectivity index (χ1) is 7.83. The third-order valence-corrected chi connectivity index (χ3v) is 4.45. The van der Waals surface area contributed by atoms with Crippen molar-refractivity contribution in [3.05, 3.63) is 11.1 Å². The molecule has 5 heteroatoms. The molecule has 88 valence electrons. The second-order valence-corrected chi connectivity index (χ2v) is 5.64. The molecule has 2 bridgehead atoms. The Balaban J connectivity index is 1.66. The van der Waals surface area contributed by atoms with Gasteiger partial charge < -0.3 is 5.11 Å². The number of hydrogen-bond acceptors (Lipinski definition) is 5. The van der Waals surface area contributed by atoms with Crippen molar-refractivity contribution in [2.45, 2.75) is 31.9 Å². The molecule has 2 unspecified atom stereocenters. The van der Waals surface area contributed by atoms with E-state index in [4.69, 9.17) is 0 Å². The lowest BCUT2D eigenvalue weighted by atomic mass is 9.75. The zero-order valence-corrected chi connectivity index (χ0v) is 10.1. The maximum Gasteiger partial charge on any atom is 0.0895 e. The van der Waals surface area contributed by atoms with Crippen LogP contribution in [0.1, 0.15) is 25.0 Å². The quantitative estimate of drug-likeness (QED) is 0.840. The van der Waals surface area contributed by atoms with Crippen molar-refractivity contribution in [2.75, 3.05) is 13.1 Å². The number of piperidine rings is 1. The zero-order valence-electron chi connectivity index (χ0n) is 9.25. The molecule has 0 aromatic carbocycles. The highest BCUT2D eigenvalue weighted by Crippen LogP contribution is 2.35. The van der Waals surface area contributed by atoms with Crippen LogP contribution < -0.4 is 0 Å². The van der Waals surface area contributed by atoms with Gasteiger partial charge in [0, 0.05) is 25.0 Å². The van der Waals surface area contributed by atoms with Crippen molar-refractivity contribution in [1.82, 2.24) is 14.5 Å². The van der Waals surface area contributed by atoms with Gasteiger partial charge in [-0.05, 0) is 36.2 Å². The van der Waals surface area contributed by atoms with E-state index >= 15 is 0 Å². The minimum atomic E-state index is -0.0569. The summed E-state index contributed by atoms with van der Waals surface area (Å²) in [4.78, 5) is 2.43. The van der Waals surface area contributed by atoms with Gasteiger partial charge in [-0.25, -0.2) is 0 Å². The van der Waals surface area contributed by atoms with Gasteiger partial charge in [0.15, 0.2) is 0 Å². The number of fused-ring (bicyclic) bond motifs is 2. The van der Waals surface area contributed by atoms with Gasteiger partial charge in [-0.3, -0.25) is 4.90 Å². The molecule has 2 heterocycles. The zero-order chi connectivity index (χ0) is 11.0. The molecular formula is C11H17N3OS. The fourth-order valence-electron chi connectivity index (χ4n) is 3.12. The highest BCUT2D eigenvalue weighted by atomic mass is 32.1. The Bertz CT molecular complexity index is 329. The van der Waals surface area contributed by atoms with Crippen LogP contribution in [0.5, 0.6) is 0 Å². The minimum absolute atomic E-state index is 0.0569. The molecule has 4 nitrogen and oxygen atoms in total. The Hall–Kier alpha value is -0.520. The van der Waals surface area contributed by atoms with E-state index in [1.165, 1.54) is 30.8 Å². The summed E-state index contributed by atoms with van der Waals surface area (Å²) in [6.07, 6.45) is 3.60. The molecule has 1 saturated heterocycles. The summed E-state index contributed by atoms with van der Waals surface area (Å²) in [7, 11) is 0. The third-order valence-electron chi connectivity index (χ3n) is 3.89. The van der Waals surface area contributed by atoms with Crippen LogP contribution in [0.15, 0.2) is 5.38 Å². The summed E-state index contributed by atoms with van der Waals surface area (Å²) in [5.41, 5.74) is 1.07. The summed E-state index contributed by atoms with van der Waals surface area (Å²) >= 11 is 1.41. The van der Waals surface area contributed by atoms with Crippen LogP contribution in [0.4, 0.5) is 0 Å². The lowest BCUT2D eigenvalue weighted by molar-refractivity contribution is -0.0519. The van der Waals surface area contributed by atoms with Gasteiger partial charge in [0.25, 0.3) is 0 Å². The summed E-state index contributed by atoms with van der Waals surface area (Å²) in [5, 5.41) is 16.2. The maximum atomic E-state index is 10.1. The number of likely N-dealkylation sites (tertiary alicyclic amines) is 1. The smallest absolute Gasteiger partial charge is 0.0895 e. The molecule has 1 aromatic rings. The number of nitrogens with zero attached hydrogens (tertiary/aromatic N) is 3. The third kappa shape index (κ3) is 1.99. The lowest BCUT2D eigenvalue weighted by Gasteiger charge is -2.44. The number of aliphatic hydroxyl groups excluding tert-OH is 1. The topological polar surface area (TPSA) is 49.2 Å². The van der Waals surface area contributed by atoms with Crippen LogP contribution in [0.2, 0.25) is 0 Å². The van der Waals surface area contributed by atoms with Gasteiger partial charge in [-0.2, -0.15) is 0 Å². The van der Waals surface area contributed by atoms with Crippen molar-refractivity contribution in [1.29, 1.82) is 0 Å². The van der Waals surface area contributed by atoms with E-state index in [9.17, 15) is 5.11 Å². The van der Waals surface area contributed by atoms with Gasteiger partial charge in [0.2, 0.25) is 0 Å². The molecule has 1 saturated carbocycles. The van der Waals surface area contributed by atoms with Gasteiger partial charge >= 0.3 is 0 Å². The largest absolute Gasteiger partial charge is 0.392 e. The van der Waals surface area contributed by atoms with E-state index in [1.54, 1.807) is 0 Å². The Morgan fingerprint density at radius 1 is 1.38 bits per heavy atom. The van der Waals surface area contributed by atoms with Crippen LogP contribution in [0.25, 0.3) is 0 Å². The highest BCUT2D eigenvalue weighted by Gasteiger charge is 2.38. The second kappa shape index (κ2) is 4.39. The Kier molecular flexibility index (Phi) is 2.91. The van der Waals surface area contributed by atoms with Crippen molar-refractivity contribution >= 4 is 11.5 Å². The van der Waals surface area contributed by atoms with E-state index in [0.717, 1.165) is 25.3 Å². The fourth-order valence-corrected chi connectivity index (χ4v) is 3.56. The molecule has 3 rings (SSSR count). The molecule has 0 spiro atoms. The van der Waals surface area contributed by atoms with Gasteiger partial charge in [0.05, 0.1) is 11.8 Å². The predicted molar refractivity (Wildman–Crippen MR) is 62.0 cm³/mol. The minimum Gasteiger partial charge on any atom is -0.392 e. The highest BCUT2D eigenvalue weighted by molar-refractivity contribution is 7.03. The summed E-state index contributed by atoms with van der Waals surface area (Å²) in [6, 6.07) is 0. The van der Waals surface area contributed by atoms with Crippen molar-refractivity contribution in [3.8, 4) is 0 Å². The molecular weight excluding hydrogens is 222 g/mol. The standard InChI is InChI=1S/C11H17N3OS/c15-11-8-2-1-3-9(11)5-14(4-8)6-10-7-16-13-12-10/h7-9,11,15H,1-6H2. The molecule has 2 aliphatic rings. The molecule has 16 heavy (non-hydrogen) atoms. The van der Waals surface area contributed by atoms with Crippen molar-refractivity contribution < 1.29 is 5.11 Å². The lowest BCUT2D eigenvalue weighted by Crippen LogP contribution is -2.51. The van der Waals surface area contributed by atoms with E-state index in [-0.39, 0.29) is 6.10 Å². The number of aliphatic hydroxyl groups is 1. The van der Waals surface area contributed by atoms with Crippen molar-refractivity contribution in [2.24, 2.45) is 11.8 Å². The predicted octanol–water partition coefficient (Wildman–Crippen LogP) is 1.13. The van der Waals surface area contributed by atoms with Crippen LogP contribution in [-0.4, -0.2) is 38.8 Å². The summed E-state index contributed by atoms with van der Waals surface area (Å²) in [5.74, 6) is 0.971. The van der Waals surface area contributed by atoms with Crippen LogP contribution in [0, 0.1) is 11.8 Å². The Labute approximate surface area is 99.4 Å². The number of hydrogen-bond donors (Lipinski definition) is 1. The molecule has 1 aliphatic heterocycles. The normalized spacial score (nSPS) is 35.2. The number of aromatic nitrogens is 2. The average Bonchev–Trinajstić information content (AvgIpc) is 2.72. The number of rotatable bonds is 2. The second-order valence-electron chi connectivity index (χ2n) is 5.03. The van der Waals surface area contributed by atoms with Crippen molar-refractivity contribution in [3.63, 3.8) is 0 Å². The van der Waals surface area contributed by atoms with E-state index in [2.05, 4.69) is 14.5 Å². The molecule has 2 atom stereocenters. The molecule has 1 N–H and O–H groups in total. The molecule has 2 fully saturated rings. The first-order valence-electron chi connectivity index (χ1n) is 5.99. The SMILES string of the molecule is OC1C2CCCC1CN(Cc1csnn1)C2. The Morgan fingerprint density at radius 3 is 2.75 bits per heavy atom. The fraction of sp³-hybridized carbons (Fsp3) is 0.818. The Morgan fingerprint density at radius 2 is 2.12 bits per heavy atom. The van der Waals surface area contributed by atoms with Crippen LogP contribution in [-0.2, 0) is 6.54 Å². The first-order valence-corrected chi connectivity index (χ1v) is 6.83. The van der Waals surface area contributed by atoms with E-state index in [0.29, 0.717) is 11.8 Å². The first kappa shape index (κ1) is 10.6. The van der Waals surface area contributed by atoms with Gasteiger partial charge in [-0.1, -0.05) is 10.9 Å². The molecule has 1 aromatic heterocycles. The molecule has 1 aliphatic carbocycles. The van der Waals surface area contributed by atoms with Crippen LogP contribution >= 0.6 is 11.5 Å². The van der Waals surface area contributed by atoms with Crippen LogP contribution in [0.3, 0.4) is 0 Å². The summed E-state index contributed by atoms with van der Waals surface area (Å²) < 4.78 is 3.89. The average molecular weight is 239 g/mol. The monoisotopic (exact) mass is 239 g/mol. The molecule has 0 amide bonds. The van der Waals surface area contributed by atoms with E-state index < -0.39 is 0 Å². The van der Waals surface area contributed by atoms with Gasteiger partial charge in [-0.15, -0.1) is 5.10 Å². The van der Waals surface area contributed by atoms with Gasteiger partial charge in [0.1, 0.15) is 0 Å².